The molecule has 3 heterocycles. The van der Waals surface area contributed by atoms with Gasteiger partial charge in [-0.15, -0.1) is 0 Å². The Bertz CT molecular complexity index is 1260. The van der Waals surface area contributed by atoms with E-state index in [4.69, 9.17) is 9.47 Å². The Morgan fingerprint density at radius 3 is 2.58 bits per heavy atom. The average Bonchev–Trinajstić information content (AvgIpc) is 3.24. The zero-order valence-electron chi connectivity index (χ0n) is 18.6. The molecule has 0 amide bonds. The summed E-state index contributed by atoms with van der Waals surface area (Å²) in [5.74, 6) is -2.88. The summed E-state index contributed by atoms with van der Waals surface area (Å²) in [7, 11) is 0. The lowest BCUT2D eigenvalue weighted by Gasteiger charge is -2.39. The van der Waals surface area contributed by atoms with Gasteiger partial charge in [-0.1, -0.05) is 0 Å². The van der Waals surface area contributed by atoms with Crippen molar-refractivity contribution in [2.45, 2.75) is 43.2 Å². The normalized spacial score (nSPS) is 28.7. The third-order valence-electron chi connectivity index (χ3n) is 5.97. The van der Waals surface area contributed by atoms with Crippen molar-refractivity contribution in [1.82, 2.24) is 4.57 Å². The molecule has 36 heavy (non-hydrogen) atoms. The third kappa shape index (κ3) is 4.96. The van der Waals surface area contributed by atoms with Crippen molar-refractivity contribution in [2.24, 2.45) is 0 Å². The van der Waals surface area contributed by atoms with Crippen molar-refractivity contribution in [2.75, 3.05) is 6.61 Å². The summed E-state index contributed by atoms with van der Waals surface area (Å²) in [5.41, 5.74) is 0.752. The molecule has 13 nitrogen and oxygen atoms in total. The number of rotatable bonds is 7. The number of carbonyl (C=O) groups is 2. The number of aliphatic hydroxyl groups excluding tert-OH is 4. The number of phenols is 1. The first-order valence-corrected chi connectivity index (χ1v) is 10.9. The van der Waals surface area contributed by atoms with E-state index in [0.29, 0.717) is 16.5 Å². The number of ether oxygens (including phenoxy) is 2. The third-order valence-corrected chi connectivity index (χ3v) is 5.97. The molecule has 1 fully saturated rings. The van der Waals surface area contributed by atoms with Gasteiger partial charge in [-0.25, -0.2) is 14.6 Å². The lowest BCUT2D eigenvalue weighted by Crippen LogP contribution is -2.84. The molecular formula is C23H25N2O11+. The number of fused-ring (bicyclic) bond motifs is 1. The molecule has 1 saturated heterocycles. The predicted molar refractivity (Wildman–Crippen MR) is 121 cm³/mol. The maximum atomic E-state index is 11.3. The lowest BCUT2D eigenvalue weighted by atomic mass is 9.99. The molecule has 6 atom stereocenters. The Labute approximate surface area is 203 Å². The van der Waals surface area contributed by atoms with E-state index >= 15 is 0 Å². The molecule has 8 N–H and O–H groups in total. The van der Waals surface area contributed by atoms with Crippen molar-refractivity contribution < 1.29 is 59.8 Å². The van der Waals surface area contributed by atoms with Crippen molar-refractivity contribution in [3.8, 4) is 11.5 Å². The monoisotopic (exact) mass is 505 g/mol. The van der Waals surface area contributed by atoms with Crippen LogP contribution >= 0.6 is 0 Å². The quantitative estimate of drug-likeness (QED) is 0.195. The molecule has 4 rings (SSSR count). The minimum atomic E-state index is -1.65. The van der Waals surface area contributed by atoms with Crippen LogP contribution in [-0.2, 0) is 14.3 Å². The fraction of sp³-hybridized carbons (Fsp3) is 0.348. The van der Waals surface area contributed by atoms with Crippen LogP contribution in [0.4, 0.5) is 0 Å². The van der Waals surface area contributed by atoms with Gasteiger partial charge in [0, 0.05) is 36.3 Å². The summed E-state index contributed by atoms with van der Waals surface area (Å²) in [5, 5.41) is 68.9. The highest BCUT2D eigenvalue weighted by molar-refractivity contribution is 6.38. The molecule has 192 valence electrons. The van der Waals surface area contributed by atoms with Crippen LogP contribution in [0.15, 0.2) is 42.1 Å². The van der Waals surface area contributed by atoms with Crippen LogP contribution in [0.5, 0.6) is 11.5 Å². The second kappa shape index (κ2) is 10.1. The van der Waals surface area contributed by atoms with Crippen LogP contribution in [0.3, 0.4) is 0 Å². The fourth-order valence-electron chi connectivity index (χ4n) is 4.01. The van der Waals surface area contributed by atoms with Crippen molar-refractivity contribution in [1.29, 1.82) is 0 Å². The van der Waals surface area contributed by atoms with E-state index in [1.165, 1.54) is 18.2 Å². The van der Waals surface area contributed by atoms with Crippen molar-refractivity contribution >= 4 is 34.8 Å². The Morgan fingerprint density at radius 1 is 1.17 bits per heavy atom. The molecule has 1 aromatic heterocycles. The standard InChI is InChI=1S/C23H24N2O11/c26-9-17-18(28)19(29)20(30)23(36-17)35-16-7-11-2-4-25(14(11)8-15(16)27)3-1-10-5-12(21(31)32)24-13(6-10)22(33)34/h1-5,7-8,13,17-20,23,26-30H,6,9H2,(H,31,32)(H,33,34)/p+1/t13-,17+,18+,19-,20+,23+/m0/s1. The summed E-state index contributed by atoms with van der Waals surface area (Å²) in [6, 6.07) is 3.42. The van der Waals surface area contributed by atoms with Gasteiger partial charge in [0.15, 0.2) is 11.5 Å². The van der Waals surface area contributed by atoms with Crippen LogP contribution in [0, 0.1) is 0 Å². The summed E-state index contributed by atoms with van der Waals surface area (Å²) < 4.78 is 12.5. The number of hydrogen-bond acceptors (Lipinski definition) is 9. The highest BCUT2D eigenvalue weighted by Gasteiger charge is 2.45. The van der Waals surface area contributed by atoms with Gasteiger partial charge in [-0.05, 0) is 23.8 Å². The van der Waals surface area contributed by atoms with Gasteiger partial charge in [0.2, 0.25) is 6.29 Å². The van der Waals surface area contributed by atoms with E-state index in [2.05, 4.69) is 4.99 Å². The first-order valence-electron chi connectivity index (χ1n) is 10.9. The Morgan fingerprint density at radius 2 is 1.92 bits per heavy atom. The summed E-state index contributed by atoms with van der Waals surface area (Å²) in [4.78, 5) is 25.1. The summed E-state index contributed by atoms with van der Waals surface area (Å²) in [6.45, 7) is -0.629. The van der Waals surface area contributed by atoms with Gasteiger partial charge < -0.3 is 49.8 Å². The lowest BCUT2D eigenvalue weighted by molar-refractivity contribution is -0.489. The number of hydrogen-bond donors (Lipinski definition) is 8. The Kier molecular flexibility index (Phi) is 7.10. The number of allylic oxidation sites excluding steroid dienone is 1. The largest absolute Gasteiger partial charge is 0.504 e. The van der Waals surface area contributed by atoms with Crippen LogP contribution in [0.2, 0.25) is 0 Å². The Balaban J connectivity index is 1.56. The van der Waals surface area contributed by atoms with E-state index in [1.54, 1.807) is 29.1 Å². The van der Waals surface area contributed by atoms with Crippen LogP contribution < -0.4 is 9.73 Å². The number of phenolic OH excluding ortho intramolecular Hbond substituents is 1. The van der Waals surface area contributed by atoms with E-state index in [0.717, 1.165) is 0 Å². The van der Waals surface area contributed by atoms with Crippen molar-refractivity contribution in [3.63, 3.8) is 0 Å². The Hall–Kier alpha value is -3.75. The highest BCUT2D eigenvalue weighted by atomic mass is 16.7. The molecule has 2 aliphatic rings. The summed E-state index contributed by atoms with van der Waals surface area (Å²) >= 11 is 0. The topological polar surface area (TPSA) is 213 Å². The number of nitrogens with one attached hydrogen (secondary N) is 1. The number of aromatic nitrogens is 1. The molecular weight excluding hydrogens is 480 g/mol. The predicted octanol–water partition coefficient (Wildman–Crippen LogP) is -2.61. The number of carboxylic acids is 2. The number of benzene rings is 1. The van der Waals surface area contributed by atoms with Gasteiger partial charge in [0.25, 0.3) is 11.8 Å². The van der Waals surface area contributed by atoms with E-state index in [9.17, 15) is 45.3 Å². The van der Waals surface area contributed by atoms with Gasteiger partial charge in [-0.3, -0.25) is 0 Å². The molecule has 1 aromatic carbocycles. The number of aliphatic hydroxyl groups is 4. The zero-order chi connectivity index (χ0) is 26.1. The average molecular weight is 505 g/mol. The second-order valence-corrected chi connectivity index (χ2v) is 8.41. The first kappa shape index (κ1) is 25.3. The smallest absolute Gasteiger partial charge is 0.400 e. The summed E-state index contributed by atoms with van der Waals surface area (Å²) in [6.07, 6.45) is -1.29. The van der Waals surface area contributed by atoms with Crippen LogP contribution in [-0.4, -0.2) is 101 Å². The van der Waals surface area contributed by atoms with Gasteiger partial charge in [-0.2, -0.15) is 0 Å². The molecule has 0 spiro atoms. The molecule has 13 heteroatoms. The maximum absolute atomic E-state index is 11.3. The van der Waals surface area contributed by atoms with Gasteiger partial charge >= 0.3 is 11.9 Å². The maximum Gasteiger partial charge on any atom is 0.400 e. The first-order chi connectivity index (χ1) is 17.1. The second-order valence-electron chi connectivity index (χ2n) is 8.41. The molecule has 2 aliphatic heterocycles. The zero-order valence-corrected chi connectivity index (χ0v) is 18.6. The molecule has 0 bridgehead atoms. The van der Waals surface area contributed by atoms with E-state index < -0.39 is 55.3 Å². The van der Waals surface area contributed by atoms with Crippen LogP contribution in [0.25, 0.3) is 17.1 Å². The number of aromatic hydroxyl groups is 1. The molecule has 0 radical (unpaired) electrons. The molecule has 2 aromatic rings. The minimum absolute atomic E-state index is 0.0597. The van der Waals surface area contributed by atoms with E-state index in [1.807, 2.05) is 0 Å². The number of aliphatic carboxylic acids is 2. The van der Waals surface area contributed by atoms with Gasteiger partial charge in [0.05, 0.1) is 12.1 Å². The van der Waals surface area contributed by atoms with Crippen molar-refractivity contribution in [3.05, 3.63) is 42.1 Å². The SMILES string of the molecule is O=C(O)C1=[NH+][C@H](C(=O)O)CC(C=Cn2ccc3cc(O[C@@H]4O[C@H](CO)[C@@H](O)[C@H](O)[C@H]4O)c(O)cc32)=C1. The molecule has 0 unspecified atom stereocenters. The fourth-order valence-corrected chi connectivity index (χ4v) is 4.01. The number of carboxylic acid groups (broad SMARTS) is 2. The molecule has 0 saturated carbocycles. The van der Waals surface area contributed by atoms with Gasteiger partial charge in [0.1, 0.15) is 24.4 Å². The molecule has 0 aliphatic carbocycles. The number of nitrogens with zero attached hydrogens (tertiary/aromatic N) is 1. The van der Waals surface area contributed by atoms with E-state index in [-0.39, 0.29) is 23.6 Å². The highest BCUT2D eigenvalue weighted by Crippen LogP contribution is 2.35. The minimum Gasteiger partial charge on any atom is -0.504 e. The van der Waals surface area contributed by atoms with Crippen LogP contribution in [0.1, 0.15) is 6.42 Å².